The maximum absolute atomic E-state index is 13.2. The van der Waals surface area contributed by atoms with Gasteiger partial charge in [-0.25, -0.2) is 9.37 Å². The van der Waals surface area contributed by atoms with Crippen molar-refractivity contribution in [3.8, 4) is 78.5 Å². The number of nitrogens with zero attached hydrogens (tertiary/aromatic N) is 6. The first-order valence-electron chi connectivity index (χ1n) is 37.2. The van der Waals surface area contributed by atoms with E-state index >= 15 is 0 Å². The average Bonchev–Trinajstić information content (AvgIpc) is 1.72. The first kappa shape index (κ1) is 90.5. The van der Waals surface area contributed by atoms with Crippen LogP contribution in [0.1, 0.15) is 76.4 Å². The molecule has 0 aliphatic carbocycles. The van der Waals surface area contributed by atoms with Gasteiger partial charge in [-0.1, -0.05) is 172 Å². The molecule has 0 aliphatic rings. The predicted octanol–water partition coefficient (Wildman–Crippen LogP) is 25.6. The number of aryl methyl sites for hydroxylation is 4. The summed E-state index contributed by atoms with van der Waals surface area (Å²) in [5, 5.41) is 24.9. The van der Waals surface area contributed by atoms with Gasteiger partial charge < -0.3 is 34.6 Å². The van der Waals surface area contributed by atoms with Gasteiger partial charge >= 0.3 is 0 Å². The van der Waals surface area contributed by atoms with E-state index in [0.717, 1.165) is 89.4 Å². The number of halogens is 1. The van der Waals surface area contributed by atoms with Gasteiger partial charge in [-0.2, -0.15) is 0 Å². The summed E-state index contributed by atoms with van der Waals surface area (Å²) in [7, 11) is 0. The quantitative estimate of drug-likeness (QED) is 0.0611. The number of hydrogen-bond donors (Lipinski definition) is 2. The summed E-state index contributed by atoms with van der Waals surface area (Å²) >= 11 is 0. The minimum Gasteiger partial charge on any atom is -0.512 e. The molecular weight excluding hydrogens is 1980 g/mol. The summed E-state index contributed by atoms with van der Waals surface area (Å²) in [6, 6.07) is 106. The standard InChI is InChI=1S/C23H14FN2O.C21H20N.C20H14N.C17H14N.C11H8N.2C5H8O2.3Ir/c1-14-5-10-19-18-3-2-4-20(22(18)27-23(19)26-14)21-13-16(11-12-25-21)15-6-8-17(24)9-7-15;1-21(2,3)19-12-13-20(22-15-19)18-11-7-10-17(14-18)16-8-5-4-6-9-16;1-14-5-4-7-16(11-14)20-12-19-17(13-21-20)10-9-15-6-2-3-8-18(15)19;1-12-8-9-15-13(2)11-16(18-17(15)10-12)14-6-4-3-5-7-14;1-2-6-10(7-3-1)11-8-4-5-9-12-11;2*1-4(6)3-5(2)7;;;/h2-3,5-13H,1H3;4-10,12-15H,1-3H3;2-6,8-13H,1H3;3-6,8-11H,1-2H3;1-6,8-9H;2*3,6H,1-2H3;;;/q5*-1;;;;;. The van der Waals surface area contributed by atoms with Crippen LogP contribution < -0.4 is 0 Å². The molecule has 15 heteroatoms. The number of ketones is 2. The number of fused-ring (bicyclic) bond motifs is 7. The van der Waals surface area contributed by atoms with E-state index in [4.69, 9.17) is 19.6 Å². The van der Waals surface area contributed by atoms with Gasteiger partial charge in [0.15, 0.2) is 11.6 Å². The number of pyridine rings is 6. The fourth-order valence-corrected chi connectivity index (χ4v) is 12.4. The van der Waals surface area contributed by atoms with Crippen molar-refractivity contribution in [1.29, 1.82) is 0 Å². The van der Waals surface area contributed by atoms with Gasteiger partial charge in [0.25, 0.3) is 0 Å². The van der Waals surface area contributed by atoms with E-state index in [1.165, 1.54) is 112 Å². The van der Waals surface area contributed by atoms with Crippen LogP contribution in [0.2, 0.25) is 0 Å². The molecule has 0 atom stereocenters. The van der Waals surface area contributed by atoms with E-state index in [-0.39, 0.29) is 94.6 Å². The molecule has 117 heavy (non-hydrogen) atoms. The normalized spacial score (nSPS) is 10.8. The minimum atomic E-state index is -0.254. The number of carbonyl (C=O) groups is 2. The van der Waals surface area contributed by atoms with Gasteiger partial charge in [0.2, 0.25) is 5.71 Å². The molecule has 7 aromatic heterocycles. The summed E-state index contributed by atoms with van der Waals surface area (Å²) in [6.07, 6.45) is 9.79. The number of rotatable bonds is 9. The fraction of sp³-hybridized carbons (Fsp3) is 0.118. The average molecular weight is 2070 g/mol. The molecule has 0 unspecified atom stereocenters. The fourth-order valence-electron chi connectivity index (χ4n) is 12.4. The molecular formula is C102H86FIr3N6O5-5. The Morgan fingerprint density at radius 2 is 0.983 bits per heavy atom. The molecule has 593 valence electrons. The van der Waals surface area contributed by atoms with E-state index in [2.05, 4.69) is 224 Å². The summed E-state index contributed by atoms with van der Waals surface area (Å²) in [5.41, 5.74) is 22.3. The smallest absolute Gasteiger partial charge is 0.216 e. The Hall–Kier alpha value is -12.0. The zero-order chi connectivity index (χ0) is 80.7. The first-order chi connectivity index (χ1) is 55.0. The van der Waals surface area contributed by atoms with E-state index in [9.17, 15) is 14.0 Å². The summed E-state index contributed by atoms with van der Waals surface area (Å²) < 4.78 is 19.3. The number of aromatic nitrogens is 6. The van der Waals surface area contributed by atoms with Gasteiger partial charge in [-0.3, -0.25) is 14.6 Å². The van der Waals surface area contributed by atoms with Crippen LogP contribution in [0, 0.1) is 63.8 Å². The van der Waals surface area contributed by atoms with Crippen LogP contribution in [0.4, 0.5) is 4.39 Å². The second-order valence-electron chi connectivity index (χ2n) is 28.2. The van der Waals surface area contributed by atoms with E-state index < -0.39 is 0 Å². The molecule has 0 fully saturated rings. The summed E-state index contributed by atoms with van der Waals surface area (Å²) in [5.74, 6) is -0.379. The minimum absolute atomic E-state index is 0. The van der Waals surface area contributed by atoms with E-state index in [0.29, 0.717) is 11.3 Å². The second-order valence-corrected chi connectivity index (χ2v) is 28.2. The molecule has 0 aliphatic heterocycles. The first-order valence-corrected chi connectivity index (χ1v) is 37.2. The SMILES string of the molecule is CC(=O)C=C(C)O.CC(=O)C=C(C)O.CC(C)(C)c1ccc(-c2[c-]ccc(-c3ccccc3)c2)nc1.Cc1cc[c-]c(-c2cc3c(ccc4ccccc43)cn2)c1.Cc1ccc2c(C)cc(-c3[c-]cccc3)nc2c1.Cc1ccc2c(n1)oc1c(-c3cc(-c4ccc(F)cc4)ccn3)[c-]ccc12.[Ir].[Ir].[Ir].[c-]1ccccc1-c1ccccn1. The molecule has 17 aromatic rings. The third-order valence-electron chi connectivity index (χ3n) is 17.9. The number of aliphatic hydroxyl groups is 2. The maximum Gasteiger partial charge on any atom is 0.216 e. The molecule has 0 saturated heterocycles. The number of carbonyl (C=O) groups excluding carboxylic acids is 2. The van der Waals surface area contributed by atoms with Crippen LogP contribution in [-0.2, 0) is 75.3 Å². The molecule has 7 heterocycles. The second kappa shape index (κ2) is 43.6. The van der Waals surface area contributed by atoms with Gasteiger partial charge in [0.1, 0.15) is 5.82 Å². The molecule has 0 spiro atoms. The number of aliphatic hydroxyl groups excluding tert-OH is 2. The zero-order valence-corrected chi connectivity index (χ0v) is 73.8. The number of furan rings is 1. The van der Waals surface area contributed by atoms with Crippen molar-refractivity contribution < 1.29 is 88.9 Å². The Morgan fingerprint density at radius 3 is 1.62 bits per heavy atom. The monoisotopic (exact) mass is 2070 g/mol. The van der Waals surface area contributed by atoms with Crippen molar-refractivity contribution >= 4 is 66.1 Å². The van der Waals surface area contributed by atoms with Crippen LogP contribution in [-0.4, -0.2) is 51.7 Å². The molecule has 11 nitrogen and oxygen atoms in total. The summed E-state index contributed by atoms with van der Waals surface area (Å²) in [6.45, 7) is 20.6. The van der Waals surface area contributed by atoms with Gasteiger partial charge in [0.05, 0.1) is 22.6 Å². The van der Waals surface area contributed by atoms with Gasteiger partial charge in [0, 0.05) is 114 Å². The van der Waals surface area contributed by atoms with Crippen molar-refractivity contribution in [1.82, 2.24) is 29.9 Å². The number of benzene rings is 10. The third-order valence-corrected chi connectivity index (χ3v) is 17.9. The number of allylic oxidation sites excluding steroid dienone is 4. The maximum atomic E-state index is 13.2. The Morgan fingerprint density at radius 1 is 0.402 bits per heavy atom. The van der Waals surface area contributed by atoms with Gasteiger partial charge in [-0.05, 0) is 180 Å². The van der Waals surface area contributed by atoms with Crippen molar-refractivity contribution in [2.75, 3.05) is 0 Å². The summed E-state index contributed by atoms with van der Waals surface area (Å²) in [4.78, 5) is 47.2. The van der Waals surface area contributed by atoms with Gasteiger partial charge in [-0.15, -0.1) is 161 Å². The van der Waals surface area contributed by atoms with Crippen molar-refractivity contribution in [2.45, 2.75) is 81.6 Å². The Bertz CT molecular complexity index is 6130. The van der Waals surface area contributed by atoms with Crippen LogP contribution in [0.5, 0.6) is 0 Å². The van der Waals surface area contributed by atoms with E-state index in [1.807, 2.05) is 141 Å². The van der Waals surface area contributed by atoms with Crippen LogP contribution >= 0.6 is 0 Å². The molecule has 3 radical (unpaired) electrons. The molecule has 2 N–H and O–H groups in total. The predicted molar refractivity (Wildman–Crippen MR) is 463 cm³/mol. The Balaban J connectivity index is 0.000000177. The van der Waals surface area contributed by atoms with E-state index in [1.54, 1.807) is 24.5 Å². The van der Waals surface area contributed by atoms with Crippen LogP contribution in [0.3, 0.4) is 0 Å². The molecule has 0 amide bonds. The Kier molecular flexibility index (Phi) is 33.8. The van der Waals surface area contributed by atoms with Crippen molar-refractivity contribution in [3.05, 3.63) is 386 Å². The third kappa shape index (κ3) is 25.7. The molecule has 0 bridgehead atoms. The zero-order valence-electron chi connectivity index (χ0n) is 66.6. The van der Waals surface area contributed by atoms with Crippen molar-refractivity contribution in [3.63, 3.8) is 0 Å². The number of hydrogen-bond acceptors (Lipinski definition) is 11. The van der Waals surface area contributed by atoms with Crippen molar-refractivity contribution in [2.24, 2.45) is 0 Å². The molecule has 0 saturated carbocycles. The molecule has 10 aromatic carbocycles. The van der Waals surface area contributed by atoms with Crippen LogP contribution in [0.15, 0.2) is 326 Å². The topological polar surface area (TPSA) is 165 Å². The van der Waals surface area contributed by atoms with Crippen LogP contribution in [0.25, 0.3) is 133 Å². The molecule has 17 rings (SSSR count). The largest absolute Gasteiger partial charge is 0.512 e. The Labute approximate surface area is 724 Å².